The summed E-state index contributed by atoms with van der Waals surface area (Å²) in [5.74, 6) is 2.51. The predicted molar refractivity (Wildman–Crippen MR) is 116 cm³/mol. The highest BCUT2D eigenvalue weighted by Crippen LogP contribution is 2.43. The smallest absolute Gasteiger partial charge is 0.231 e. The van der Waals surface area contributed by atoms with Gasteiger partial charge < -0.3 is 24.5 Å². The van der Waals surface area contributed by atoms with Crippen molar-refractivity contribution < 1.29 is 14.2 Å². The van der Waals surface area contributed by atoms with Crippen molar-refractivity contribution in [3.63, 3.8) is 0 Å². The van der Waals surface area contributed by atoms with Crippen molar-refractivity contribution >= 4 is 40.2 Å². The molecule has 7 nitrogen and oxygen atoms in total. The number of nitrogens with zero attached hydrogens (tertiary/aromatic N) is 3. The molecule has 5 rings (SSSR count). The zero-order chi connectivity index (χ0) is 20.7. The number of aromatic nitrogens is 3. The Morgan fingerprint density at radius 3 is 2.70 bits per heavy atom. The first kappa shape index (κ1) is 18.9. The molecule has 3 heterocycles. The molecule has 2 aromatic heterocycles. The first-order valence-electron chi connectivity index (χ1n) is 9.13. The molecular weight excluding hydrogens is 424 g/mol. The monoisotopic (exact) mass is 440 g/mol. The summed E-state index contributed by atoms with van der Waals surface area (Å²) in [6.45, 7) is 0.798. The molecule has 1 aliphatic heterocycles. The van der Waals surface area contributed by atoms with Gasteiger partial charge in [-0.15, -0.1) is 0 Å². The second kappa shape index (κ2) is 7.62. The highest BCUT2D eigenvalue weighted by molar-refractivity contribution is 7.99. The van der Waals surface area contributed by atoms with Gasteiger partial charge in [0.15, 0.2) is 22.5 Å². The van der Waals surface area contributed by atoms with E-state index in [0.29, 0.717) is 34.4 Å². The van der Waals surface area contributed by atoms with Gasteiger partial charge in [0.05, 0.1) is 24.2 Å². The van der Waals surface area contributed by atoms with Crippen LogP contribution >= 0.6 is 23.4 Å². The quantitative estimate of drug-likeness (QED) is 0.485. The second-order valence-corrected chi connectivity index (χ2v) is 8.05. The van der Waals surface area contributed by atoms with Crippen LogP contribution in [0.2, 0.25) is 5.02 Å². The predicted octanol–water partition coefficient (Wildman–Crippen LogP) is 4.60. The van der Waals surface area contributed by atoms with Gasteiger partial charge in [0.1, 0.15) is 11.3 Å². The second-order valence-electron chi connectivity index (χ2n) is 6.63. The highest BCUT2D eigenvalue weighted by Gasteiger charge is 2.20. The summed E-state index contributed by atoms with van der Waals surface area (Å²) >= 11 is 7.93. The van der Waals surface area contributed by atoms with Crippen molar-refractivity contribution in [2.24, 2.45) is 0 Å². The number of pyridine rings is 1. The van der Waals surface area contributed by atoms with Crippen molar-refractivity contribution in [1.82, 2.24) is 14.5 Å². The number of rotatable bonds is 5. The van der Waals surface area contributed by atoms with Gasteiger partial charge in [0.2, 0.25) is 6.79 Å². The number of fused-ring (bicyclic) bond motifs is 2. The Morgan fingerprint density at radius 1 is 1.17 bits per heavy atom. The van der Waals surface area contributed by atoms with Crippen molar-refractivity contribution in [2.45, 2.75) is 16.6 Å². The molecule has 0 fully saturated rings. The lowest BCUT2D eigenvalue weighted by molar-refractivity contribution is 0.174. The summed E-state index contributed by atoms with van der Waals surface area (Å²) < 4.78 is 18.2. The van der Waals surface area contributed by atoms with Crippen molar-refractivity contribution in [3.8, 4) is 17.2 Å². The molecule has 30 heavy (non-hydrogen) atoms. The maximum atomic E-state index is 6.49. The van der Waals surface area contributed by atoms with Crippen LogP contribution in [0.5, 0.6) is 17.2 Å². The number of anilines is 1. The summed E-state index contributed by atoms with van der Waals surface area (Å²) in [5, 5.41) is 1.32. The number of benzene rings is 2. The van der Waals surface area contributed by atoms with Crippen molar-refractivity contribution in [1.29, 1.82) is 0 Å². The average molecular weight is 441 g/mol. The number of halogens is 1. The first-order chi connectivity index (χ1) is 14.6. The molecule has 2 N–H and O–H groups in total. The van der Waals surface area contributed by atoms with Gasteiger partial charge in [-0.1, -0.05) is 23.7 Å². The van der Waals surface area contributed by atoms with Gasteiger partial charge >= 0.3 is 0 Å². The third-order valence-corrected chi connectivity index (χ3v) is 6.27. The van der Waals surface area contributed by atoms with Crippen molar-refractivity contribution in [2.75, 3.05) is 19.6 Å². The van der Waals surface area contributed by atoms with Gasteiger partial charge in [0.25, 0.3) is 0 Å². The van der Waals surface area contributed by atoms with Gasteiger partial charge in [0, 0.05) is 17.2 Å². The molecule has 0 saturated carbocycles. The van der Waals surface area contributed by atoms with Crippen LogP contribution in [0, 0.1) is 0 Å². The Balaban J connectivity index is 1.57. The number of imidazole rings is 1. The largest absolute Gasteiger partial charge is 0.497 e. The molecule has 0 radical (unpaired) electrons. The molecule has 0 amide bonds. The van der Waals surface area contributed by atoms with Crippen LogP contribution in [0.15, 0.2) is 58.7 Å². The van der Waals surface area contributed by atoms with E-state index in [0.717, 1.165) is 26.9 Å². The Labute approximate surface area is 181 Å². The summed E-state index contributed by atoms with van der Waals surface area (Å²) in [4.78, 5) is 9.75. The number of nitrogens with two attached hydrogens (primary N) is 1. The fourth-order valence-electron chi connectivity index (χ4n) is 3.27. The van der Waals surface area contributed by atoms with E-state index in [9.17, 15) is 0 Å². The molecule has 0 atom stereocenters. The topological polar surface area (TPSA) is 84.4 Å². The lowest BCUT2D eigenvalue weighted by atomic mass is 10.2. The molecule has 0 bridgehead atoms. The fourth-order valence-corrected chi connectivity index (χ4v) is 4.47. The zero-order valence-electron chi connectivity index (χ0n) is 16.0. The zero-order valence-corrected chi connectivity index (χ0v) is 17.5. The van der Waals surface area contributed by atoms with Crippen LogP contribution in [0.25, 0.3) is 11.0 Å². The van der Waals surface area contributed by atoms with Crippen LogP contribution < -0.4 is 19.9 Å². The van der Waals surface area contributed by atoms with E-state index in [1.54, 1.807) is 19.4 Å². The van der Waals surface area contributed by atoms with E-state index in [1.165, 1.54) is 11.8 Å². The maximum absolute atomic E-state index is 6.49. The third kappa shape index (κ3) is 3.38. The molecule has 0 aliphatic carbocycles. The maximum Gasteiger partial charge on any atom is 0.231 e. The van der Waals surface area contributed by atoms with Crippen LogP contribution in [0.1, 0.15) is 5.56 Å². The minimum atomic E-state index is 0.192. The highest BCUT2D eigenvalue weighted by atomic mass is 35.5. The van der Waals surface area contributed by atoms with Crippen LogP contribution in [-0.4, -0.2) is 28.4 Å². The number of nitrogen functional groups attached to an aromatic ring is 1. The lowest BCUT2D eigenvalue weighted by Gasteiger charge is -2.11. The molecule has 0 saturated heterocycles. The molecule has 152 valence electrons. The van der Waals surface area contributed by atoms with Crippen molar-refractivity contribution in [3.05, 3.63) is 59.2 Å². The molecule has 4 aromatic rings. The standard InChI is InChI=1S/C21H17ClN4O3S/c1-27-13-4-2-12(3-5-13)10-26-15-6-7-24-20(23)19(15)25-21(26)30-18-9-17-16(8-14(18)22)28-11-29-17/h2-9H,10-11H2,1H3,(H2,23,24). The van der Waals surface area contributed by atoms with Crippen LogP contribution in [0.3, 0.4) is 0 Å². The van der Waals surface area contributed by atoms with Crippen LogP contribution in [0.4, 0.5) is 5.82 Å². The molecule has 0 unspecified atom stereocenters. The summed E-state index contributed by atoms with van der Waals surface area (Å²) in [7, 11) is 1.65. The van der Waals surface area contributed by atoms with E-state index in [4.69, 9.17) is 36.5 Å². The number of ether oxygens (including phenoxy) is 3. The van der Waals surface area contributed by atoms with Gasteiger partial charge in [-0.05, 0) is 41.6 Å². The lowest BCUT2D eigenvalue weighted by Crippen LogP contribution is -2.02. The van der Waals surface area contributed by atoms with Crippen LogP contribution in [-0.2, 0) is 6.54 Å². The number of hydrogen-bond acceptors (Lipinski definition) is 7. The van der Waals surface area contributed by atoms with E-state index in [1.807, 2.05) is 36.4 Å². The van der Waals surface area contributed by atoms with Gasteiger partial charge in [-0.2, -0.15) is 0 Å². The number of hydrogen-bond donors (Lipinski definition) is 1. The molecule has 2 aromatic carbocycles. The van der Waals surface area contributed by atoms with Gasteiger partial charge in [-0.3, -0.25) is 0 Å². The summed E-state index contributed by atoms with van der Waals surface area (Å²) in [6, 6.07) is 13.5. The van der Waals surface area contributed by atoms with E-state index in [2.05, 4.69) is 9.55 Å². The first-order valence-corrected chi connectivity index (χ1v) is 10.3. The normalized spacial score (nSPS) is 12.5. The Morgan fingerprint density at radius 2 is 1.93 bits per heavy atom. The van der Waals surface area contributed by atoms with E-state index >= 15 is 0 Å². The molecule has 1 aliphatic rings. The van der Waals surface area contributed by atoms with E-state index in [-0.39, 0.29) is 6.79 Å². The average Bonchev–Trinajstić information content (AvgIpc) is 3.34. The molecular formula is C21H17ClN4O3S. The summed E-state index contributed by atoms with van der Waals surface area (Å²) in [5.41, 5.74) is 8.75. The molecule has 9 heteroatoms. The van der Waals surface area contributed by atoms with E-state index < -0.39 is 0 Å². The Bertz CT molecular complexity index is 1240. The van der Waals surface area contributed by atoms with Gasteiger partial charge in [-0.25, -0.2) is 9.97 Å². The fraction of sp³-hybridized carbons (Fsp3) is 0.143. The Hall–Kier alpha value is -3.10. The number of methoxy groups -OCH3 is 1. The summed E-state index contributed by atoms with van der Waals surface area (Å²) in [6.07, 6.45) is 1.69. The Kier molecular flexibility index (Phi) is 4.80. The minimum absolute atomic E-state index is 0.192. The SMILES string of the molecule is COc1ccc(Cn2c(Sc3cc4c(cc3Cl)OCO4)nc3c(N)nccc32)cc1. The molecule has 0 spiro atoms. The third-order valence-electron chi connectivity index (χ3n) is 4.79. The minimum Gasteiger partial charge on any atom is -0.497 e.